The fourth-order valence-electron chi connectivity index (χ4n) is 6.88. The molecular weight excluding hydrogens is 488 g/mol. The lowest BCUT2D eigenvalue weighted by atomic mass is 9.79. The van der Waals surface area contributed by atoms with Crippen LogP contribution in [0.2, 0.25) is 0 Å². The van der Waals surface area contributed by atoms with Crippen molar-refractivity contribution < 1.29 is 9.13 Å². The topological polar surface area (TPSA) is 36.4 Å². The van der Waals surface area contributed by atoms with E-state index in [1.165, 1.54) is 27.9 Å². The Balaban J connectivity index is 1.54. The minimum absolute atomic E-state index is 0.0116. The van der Waals surface area contributed by atoms with Crippen LogP contribution in [-0.4, -0.2) is 9.97 Å². The van der Waals surface area contributed by atoms with Gasteiger partial charge in [0.05, 0.1) is 17.2 Å². The van der Waals surface area contributed by atoms with Gasteiger partial charge in [-0.1, -0.05) is 51.6 Å². The molecule has 7 rings (SSSR count). The lowest BCUT2D eigenvalue weighted by Gasteiger charge is -2.29. The summed E-state index contributed by atoms with van der Waals surface area (Å²) < 4.78 is 4.77. The smallest absolute Gasteiger partial charge is 0.249 e. The Hall–Kier alpha value is -4.31. The number of hydrogen-bond acceptors (Lipinski definition) is 1. The van der Waals surface area contributed by atoms with Gasteiger partial charge in [0.2, 0.25) is 23.1 Å². The molecule has 1 N–H and O–H groups in total. The number of aryl methyl sites for hydroxylation is 2. The lowest BCUT2D eigenvalue weighted by molar-refractivity contribution is -0.727. The molecule has 0 aliphatic carbocycles. The molecule has 2 aliphatic heterocycles. The molecule has 4 heteroatoms. The molecule has 4 nitrogen and oxygen atoms in total. The molecule has 2 unspecified atom stereocenters. The summed E-state index contributed by atoms with van der Waals surface area (Å²) in [5.41, 5.74) is 12.9. The Morgan fingerprint density at radius 2 is 1.77 bits per heavy atom. The average molecular weight is 525 g/mol. The van der Waals surface area contributed by atoms with Gasteiger partial charge in [0, 0.05) is 46.5 Å². The number of rotatable bonds is 1. The van der Waals surface area contributed by atoms with Crippen LogP contribution in [0.25, 0.3) is 45.3 Å². The van der Waals surface area contributed by atoms with E-state index in [0.29, 0.717) is 0 Å². The maximum Gasteiger partial charge on any atom is 0.249 e. The van der Waals surface area contributed by atoms with Gasteiger partial charge < -0.3 is 4.98 Å². The van der Waals surface area contributed by atoms with Crippen LogP contribution < -0.4 is 9.13 Å². The van der Waals surface area contributed by atoms with Crippen molar-refractivity contribution in [3.8, 4) is 22.5 Å². The largest absolute Gasteiger partial charge is 0.343 e. The number of hydrogen-bond donors (Lipinski definition) is 1. The summed E-state index contributed by atoms with van der Waals surface area (Å²) in [4.78, 5) is 8.81. The minimum Gasteiger partial charge on any atom is -0.343 e. The molecule has 0 amide bonds. The van der Waals surface area contributed by atoms with Gasteiger partial charge in [0.15, 0.2) is 12.4 Å². The van der Waals surface area contributed by atoms with E-state index in [1.807, 2.05) is 6.08 Å². The third kappa shape index (κ3) is 3.62. The third-order valence-corrected chi connectivity index (χ3v) is 8.95. The van der Waals surface area contributed by atoms with E-state index in [4.69, 9.17) is 11.6 Å². The van der Waals surface area contributed by atoms with Crippen LogP contribution in [0.3, 0.4) is 0 Å². The van der Waals surface area contributed by atoms with E-state index in [0.717, 1.165) is 52.2 Å². The molecular formula is C36H36N4+2. The van der Waals surface area contributed by atoms with E-state index in [-0.39, 0.29) is 17.4 Å². The second kappa shape index (κ2) is 8.85. The van der Waals surface area contributed by atoms with Crippen LogP contribution in [0.15, 0.2) is 86.2 Å². The van der Waals surface area contributed by atoms with Gasteiger partial charge in [0.25, 0.3) is 0 Å². The van der Waals surface area contributed by atoms with Crippen LogP contribution in [0.4, 0.5) is 0 Å². The summed E-state index contributed by atoms with van der Waals surface area (Å²) in [6, 6.07) is 22.4. The van der Waals surface area contributed by atoms with E-state index >= 15 is 0 Å². The predicted octanol–water partition coefficient (Wildman–Crippen LogP) is 7.48. The molecule has 0 spiro atoms. The Labute approximate surface area is 236 Å². The molecule has 0 fully saturated rings. The summed E-state index contributed by atoms with van der Waals surface area (Å²) in [6.45, 7) is 17.8. The van der Waals surface area contributed by atoms with Crippen LogP contribution in [0.5, 0.6) is 0 Å². The van der Waals surface area contributed by atoms with Crippen LogP contribution in [-0.2, 0) is 11.8 Å². The lowest BCUT2D eigenvalue weighted by Crippen LogP contribution is -2.53. The molecule has 4 aromatic heterocycles. The van der Waals surface area contributed by atoms with Crippen molar-refractivity contribution in [2.75, 3.05) is 0 Å². The molecule has 40 heavy (non-hydrogen) atoms. The number of allylic oxidation sites excluding steroid dienone is 1. The van der Waals surface area contributed by atoms with Crippen molar-refractivity contribution in [2.24, 2.45) is 0 Å². The number of H-pyrrole nitrogens is 1. The highest BCUT2D eigenvalue weighted by Gasteiger charge is 2.46. The second-order valence-corrected chi connectivity index (χ2v) is 12.3. The van der Waals surface area contributed by atoms with Crippen LogP contribution >= 0.6 is 0 Å². The highest BCUT2D eigenvalue weighted by Crippen LogP contribution is 2.45. The molecule has 0 saturated heterocycles. The van der Waals surface area contributed by atoms with Gasteiger partial charge in [-0.3, -0.25) is 0 Å². The number of aromatic nitrogens is 4. The van der Waals surface area contributed by atoms with Crippen LogP contribution in [0, 0.1) is 6.92 Å². The number of pyridine rings is 3. The summed E-state index contributed by atoms with van der Waals surface area (Å²) in [5.74, 6) is 0.267. The highest BCUT2D eigenvalue weighted by molar-refractivity contribution is 5.91. The van der Waals surface area contributed by atoms with Crippen molar-refractivity contribution in [2.45, 2.75) is 57.9 Å². The Kier molecular flexibility index (Phi) is 5.47. The van der Waals surface area contributed by atoms with Crippen molar-refractivity contribution in [1.29, 1.82) is 0 Å². The Bertz CT molecular complexity index is 1850. The van der Waals surface area contributed by atoms with Crippen LogP contribution in [0.1, 0.15) is 67.2 Å². The van der Waals surface area contributed by atoms with Gasteiger partial charge in [-0.15, -0.1) is 0 Å². The number of nitrogens with zero attached hydrogens (tertiary/aromatic N) is 3. The Morgan fingerprint density at radius 3 is 2.58 bits per heavy atom. The fourth-order valence-corrected chi connectivity index (χ4v) is 6.88. The molecule has 2 aliphatic rings. The van der Waals surface area contributed by atoms with Gasteiger partial charge in [-0.25, -0.2) is 4.98 Å². The Morgan fingerprint density at radius 1 is 0.975 bits per heavy atom. The first-order chi connectivity index (χ1) is 19.3. The standard InChI is InChI=1S/C36H35N4/c1-7-25-22(2)37-35-29(25)21-30-31(38-35)16-15-28-26-12-8-9-13-27(26)32-14-10-11-18-40(32)34(28)23(3)39-19-17-24(20-33(30)39)36(4,5)6/h7-14,17-21,28,34H,1,3,15-16H2,2,4-6H3/q+1/p+1. The highest BCUT2D eigenvalue weighted by atomic mass is 15.1. The number of nitrogens with one attached hydrogen (secondary N) is 1. The summed E-state index contributed by atoms with van der Waals surface area (Å²) in [5, 5.41) is 1.12. The fraction of sp³-hybridized carbons (Fsp3) is 0.250. The quantitative estimate of drug-likeness (QED) is 0.227. The molecule has 2 atom stereocenters. The van der Waals surface area contributed by atoms with Crippen molar-refractivity contribution >= 4 is 22.8 Å². The molecule has 198 valence electrons. The zero-order valence-corrected chi connectivity index (χ0v) is 23.8. The monoisotopic (exact) mass is 524 g/mol. The average Bonchev–Trinajstić information content (AvgIpc) is 3.28. The first kappa shape index (κ1) is 24.7. The number of aromatic amines is 1. The zero-order valence-electron chi connectivity index (χ0n) is 23.8. The van der Waals surface area contributed by atoms with E-state index in [1.54, 1.807) is 0 Å². The van der Waals surface area contributed by atoms with Crippen molar-refractivity contribution in [1.82, 2.24) is 9.97 Å². The second-order valence-electron chi connectivity index (χ2n) is 12.3. The molecule has 5 aromatic rings. The van der Waals surface area contributed by atoms with Crippen molar-refractivity contribution in [3.05, 3.63) is 114 Å². The summed E-state index contributed by atoms with van der Waals surface area (Å²) in [7, 11) is 0. The van der Waals surface area contributed by atoms with Gasteiger partial charge in [-0.05, 0) is 61.1 Å². The molecule has 1 aromatic carbocycles. The van der Waals surface area contributed by atoms with Crippen molar-refractivity contribution in [3.63, 3.8) is 0 Å². The maximum atomic E-state index is 5.29. The first-order valence-electron chi connectivity index (χ1n) is 14.3. The summed E-state index contributed by atoms with van der Waals surface area (Å²) >= 11 is 0. The zero-order chi connectivity index (χ0) is 27.8. The first-order valence-corrected chi connectivity index (χ1v) is 14.3. The van der Waals surface area contributed by atoms with E-state index in [2.05, 4.69) is 121 Å². The minimum atomic E-state index is 0.0116. The molecule has 0 saturated carbocycles. The SMILES string of the molecule is C=Cc1c(C)[nH]c2nc3c(cc12)-c1cc(C(C)(C)C)cc[n+]1C(=C)C1C(CC3)c2ccccc2-c2cccc[n+]21. The third-order valence-electron chi connectivity index (χ3n) is 8.95. The molecule has 0 radical (unpaired) electrons. The van der Waals surface area contributed by atoms with Gasteiger partial charge >= 0.3 is 0 Å². The number of benzene rings is 1. The molecule has 0 bridgehead atoms. The molecule has 6 heterocycles. The number of fused-ring (bicyclic) bond motifs is 10. The maximum absolute atomic E-state index is 5.29. The predicted molar refractivity (Wildman–Crippen MR) is 163 cm³/mol. The van der Waals surface area contributed by atoms with E-state index < -0.39 is 0 Å². The normalized spacial score (nSPS) is 17.9. The van der Waals surface area contributed by atoms with E-state index in [9.17, 15) is 0 Å². The van der Waals surface area contributed by atoms with Gasteiger partial charge in [-0.2, -0.15) is 9.13 Å². The summed E-state index contributed by atoms with van der Waals surface area (Å²) in [6.07, 6.45) is 8.24. The van der Waals surface area contributed by atoms with Gasteiger partial charge in [0.1, 0.15) is 5.65 Å².